The average Bonchev–Trinajstić information content (AvgIpc) is 3.04. The number of aromatic nitrogens is 4. The first kappa shape index (κ1) is 15.4. The van der Waals surface area contributed by atoms with Crippen LogP contribution in [0, 0.1) is 0 Å². The van der Waals surface area contributed by atoms with Crippen molar-refractivity contribution >= 4 is 12.6 Å². The van der Waals surface area contributed by atoms with Crippen molar-refractivity contribution < 1.29 is 10.0 Å². The highest BCUT2D eigenvalue weighted by Gasteiger charge is 2.19. The Balaban J connectivity index is 1.81. The number of hydrogen-bond donors (Lipinski definition) is 2. The fourth-order valence-corrected chi connectivity index (χ4v) is 2.49. The fraction of sp³-hybridized carbons (Fsp3) is 0.188. The molecule has 0 aliphatic heterocycles. The van der Waals surface area contributed by atoms with E-state index in [-0.39, 0.29) is 5.92 Å². The maximum atomic E-state index is 9.44. The van der Waals surface area contributed by atoms with Crippen LogP contribution in [0.1, 0.15) is 18.4 Å². The molecule has 3 rings (SSSR count). The number of tetrazole rings is 1. The molecule has 0 bridgehead atoms. The monoisotopic (exact) mass is 308 g/mol. The summed E-state index contributed by atoms with van der Waals surface area (Å²) in [7, 11) is -1.57. The van der Waals surface area contributed by atoms with Crippen LogP contribution < -0.4 is 5.46 Å². The van der Waals surface area contributed by atoms with E-state index in [1.54, 1.807) is 24.3 Å². The molecule has 0 saturated carbocycles. The minimum absolute atomic E-state index is 0.247. The van der Waals surface area contributed by atoms with Crippen molar-refractivity contribution in [1.29, 1.82) is 0 Å². The summed E-state index contributed by atoms with van der Waals surface area (Å²) in [5, 5.41) is 31.3. The van der Waals surface area contributed by atoms with E-state index in [0.717, 1.165) is 0 Å². The largest absolute Gasteiger partial charge is 0.489 e. The lowest BCUT2D eigenvalue weighted by atomic mass is 9.77. The first-order valence-corrected chi connectivity index (χ1v) is 7.43. The number of rotatable bonds is 5. The van der Waals surface area contributed by atoms with E-state index < -0.39 is 7.12 Å². The first-order valence-electron chi connectivity index (χ1n) is 7.43. The molecule has 6 nitrogen and oxygen atoms in total. The molecular formula is C16H17BN4O2. The van der Waals surface area contributed by atoms with Gasteiger partial charge in [-0.15, -0.1) is 10.2 Å². The molecule has 0 aliphatic carbocycles. The predicted molar refractivity (Wildman–Crippen MR) is 87.9 cm³/mol. The molecule has 0 spiro atoms. The Morgan fingerprint density at radius 3 is 2.48 bits per heavy atom. The van der Waals surface area contributed by atoms with E-state index >= 15 is 0 Å². The van der Waals surface area contributed by atoms with Gasteiger partial charge in [0.25, 0.3) is 0 Å². The van der Waals surface area contributed by atoms with Gasteiger partial charge in [-0.3, -0.25) is 0 Å². The van der Waals surface area contributed by atoms with Gasteiger partial charge in [0.15, 0.2) is 0 Å². The molecule has 0 radical (unpaired) electrons. The normalized spacial score (nSPS) is 12.1. The van der Waals surface area contributed by atoms with Crippen LogP contribution in [0.5, 0.6) is 0 Å². The first-order chi connectivity index (χ1) is 11.1. The van der Waals surface area contributed by atoms with Crippen molar-refractivity contribution in [3.05, 3.63) is 60.2 Å². The molecule has 0 amide bonds. The second-order valence-corrected chi connectivity index (χ2v) is 5.44. The molecule has 7 heteroatoms. The van der Waals surface area contributed by atoms with Crippen molar-refractivity contribution in [2.45, 2.75) is 19.4 Å². The van der Waals surface area contributed by atoms with E-state index in [4.69, 9.17) is 0 Å². The van der Waals surface area contributed by atoms with Gasteiger partial charge in [-0.05, 0) is 16.2 Å². The third-order valence-electron chi connectivity index (χ3n) is 3.74. The minimum atomic E-state index is -1.57. The van der Waals surface area contributed by atoms with Gasteiger partial charge in [0.05, 0.1) is 6.54 Å². The van der Waals surface area contributed by atoms with E-state index in [9.17, 15) is 10.0 Å². The number of hydrogen-bond acceptors (Lipinski definition) is 5. The lowest BCUT2D eigenvalue weighted by Crippen LogP contribution is -2.31. The van der Waals surface area contributed by atoms with Crippen molar-refractivity contribution in [2.75, 3.05) is 0 Å². The fourth-order valence-electron chi connectivity index (χ4n) is 2.49. The molecule has 0 aliphatic rings. The third kappa shape index (κ3) is 3.47. The highest BCUT2D eigenvalue weighted by molar-refractivity contribution is 6.60. The standard InChI is InChI=1S/C16H17BN4O2/c1-12(13-7-3-2-4-8-13)11-21-19-16(18-20-21)14-9-5-6-10-15(14)17(22)23/h2-10,12,22-23H,11H2,1H3. The maximum absolute atomic E-state index is 9.44. The minimum Gasteiger partial charge on any atom is -0.423 e. The van der Waals surface area contributed by atoms with Gasteiger partial charge in [-0.25, -0.2) is 0 Å². The zero-order chi connectivity index (χ0) is 16.2. The Morgan fingerprint density at radius 1 is 1.04 bits per heavy atom. The highest BCUT2D eigenvalue weighted by Crippen LogP contribution is 2.17. The van der Waals surface area contributed by atoms with Crippen molar-refractivity contribution in [1.82, 2.24) is 20.2 Å². The SMILES string of the molecule is CC(Cn1nnc(-c2ccccc2B(O)O)n1)c1ccccc1. The predicted octanol–water partition coefficient (Wildman–Crippen LogP) is 0.824. The molecule has 3 aromatic rings. The maximum Gasteiger partial charge on any atom is 0.489 e. The molecular weight excluding hydrogens is 291 g/mol. The van der Waals surface area contributed by atoms with Crippen LogP contribution in [0.15, 0.2) is 54.6 Å². The summed E-state index contributed by atoms with van der Waals surface area (Å²) < 4.78 is 0. The zero-order valence-electron chi connectivity index (χ0n) is 12.7. The molecule has 1 aromatic heterocycles. The van der Waals surface area contributed by atoms with E-state index in [1.165, 1.54) is 10.4 Å². The van der Waals surface area contributed by atoms with Crippen LogP contribution in [0.4, 0.5) is 0 Å². The third-order valence-corrected chi connectivity index (χ3v) is 3.74. The van der Waals surface area contributed by atoms with Crippen LogP contribution >= 0.6 is 0 Å². The molecule has 23 heavy (non-hydrogen) atoms. The van der Waals surface area contributed by atoms with Crippen molar-refractivity contribution in [2.24, 2.45) is 0 Å². The van der Waals surface area contributed by atoms with Gasteiger partial charge in [0, 0.05) is 11.5 Å². The van der Waals surface area contributed by atoms with Gasteiger partial charge >= 0.3 is 7.12 Å². The molecule has 1 atom stereocenters. The molecule has 2 N–H and O–H groups in total. The van der Waals surface area contributed by atoms with E-state index in [0.29, 0.717) is 23.4 Å². The number of benzene rings is 2. The van der Waals surface area contributed by atoms with Gasteiger partial charge < -0.3 is 10.0 Å². The molecule has 0 saturated heterocycles. The van der Waals surface area contributed by atoms with Crippen LogP contribution in [-0.4, -0.2) is 37.4 Å². The number of nitrogens with zero attached hydrogens (tertiary/aromatic N) is 4. The Kier molecular flexibility index (Phi) is 4.50. The van der Waals surface area contributed by atoms with Crippen LogP contribution in [0.2, 0.25) is 0 Å². The quantitative estimate of drug-likeness (QED) is 0.682. The molecule has 116 valence electrons. The molecule has 2 aromatic carbocycles. The molecule has 1 heterocycles. The topological polar surface area (TPSA) is 84.1 Å². The zero-order valence-corrected chi connectivity index (χ0v) is 12.7. The van der Waals surface area contributed by atoms with E-state index in [2.05, 4.69) is 34.5 Å². The summed E-state index contributed by atoms with van der Waals surface area (Å²) >= 11 is 0. The summed E-state index contributed by atoms with van der Waals surface area (Å²) in [6.45, 7) is 2.70. The van der Waals surface area contributed by atoms with Crippen LogP contribution in [0.25, 0.3) is 11.4 Å². The molecule has 0 fully saturated rings. The van der Waals surface area contributed by atoms with Gasteiger partial charge in [0.1, 0.15) is 0 Å². The average molecular weight is 308 g/mol. The summed E-state index contributed by atoms with van der Waals surface area (Å²) in [5.41, 5.74) is 2.14. The lowest BCUT2D eigenvalue weighted by Gasteiger charge is -2.10. The lowest BCUT2D eigenvalue weighted by molar-refractivity contribution is 0.426. The molecule has 1 unspecified atom stereocenters. The van der Waals surface area contributed by atoms with Crippen molar-refractivity contribution in [3.63, 3.8) is 0 Å². The highest BCUT2D eigenvalue weighted by atomic mass is 16.4. The summed E-state index contributed by atoms with van der Waals surface area (Å²) in [5.74, 6) is 0.630. The smallest absolute Gasteiger partial charge is 0.423 e. The Bertz CT molecular complexity index is 777. The second kappa shape index (κ2) is 6.72. The Labute approximate surface area is 134 Å². The summed E-state index contributed by atoms with van der Waals surface area (Å²) in [4.78, 5) is 1.54. The summed E-state index contributed by atoms with van der Waals surface area (Å²) in [6.07, 6.45) is 0. The van der Waals surface area contributed by atoms with Gasteiger partial charge in [0.2, 0.25) is 5.82 Å². The van der Waals surface area contributed by atoms with Gasteiger partial charge in [-0.2, -0.15) is 4.80 Å². The Hall–Kier alpha value is -2.51. The van der Waals surface area contributed by atoms with Crippen molar-refractivity contribution in [3.8, 4) is 11.4 Å². The second-order valence-electron chi connectivity index (χ2n) is 5.44. The van der Waals surface area contributed by atoms with Crippen LogP contribution in [0.3, 0.4) is 0 Å². The Morgan fingerprint density at radius 2 is 1.74 bits per heavy atom. The summed E-state index contributed by atoms with van der Waals surface area (Å²) in [6, 6.07) is 17.0. The van der Waals surface area contributed by atoms with Gasteiger partial charge in [-0.1, -0.05) is 61.5 Å². The van der Waals surface area contributed by atoms with E-state index in [1.807, 2.05) is 18.2 Å². The van der Waals surface area contributed by atoms with Crippen LogP contribution in [-0.2, 0) is 6.54 Å².